The van der Waals surface area contributed by atoms with Crippen molar-refractivity contribution in [3.05, 3.63) is 81.4 Å². The molecule has 11 atom stereocenters. The molecule has 0 bridgehead atoms. The highest BCUT2D eigenvalue weighted by molar-refractivity contribution is 6.31. The number of imide groups is 1. The topological polar surface area (TPSA) is 395 Å². The van der Waals surface area contributed by atoms with E-state index in [1.54, 1.807) is 20.8 Å². The number of carbonyl (C=O) groups excluding carboxylic acids is 10. The lowest BCUT2D eigenvalue weighted by molar-refractivity contribution is -0.256. The number of benzene rings is 3. The van der Waals surface area contributed by atoms with Crippen LogP contribution in [-0.2, 0) is 75.0 Å². The first-order chi connectivity index (χ1) is 42.0. The van der Waals surface area contributed by atoms with Gasteiger partial charge >= 0.3 is 6.09 Å². The van der Waals surface area contributed by atoms with Crippen molar-refractivity contribution in [3.8, 4) is 17.2 Å². The summed E-state index contributed by atoms with van der Waals surface area (Å²) >= 11 is 0. The molecule has 88 heavy (non-hydrogen) atoms. The van der Waals surface area contributed by atoms with Gasteiger partial charge in [-0.25, -0.2) is 4.79 Å². The smallest absolute Gasteiger partial charge is 0.408 e. The highest BCUT2D eigenvalue weighted by Gasteiger charge is 2.55. The minimum absolute atomic E-state index is 0.0483. The number of alkyl carbamates (subject to hydrolysis) is 1. The Kier molecular flexibility index (Phi) is 19.8. The van der Waals surface area contributed by atoms with Crippen LogP contribution in [0.2, 0.25) is 0 Å². The Bertz CT molecular complexity index is 3240. The molecule has 10 N–H and O–H groups in total. The molecule has 9 rings (SSSR count). The molecule has 4 fully saturated rings. The van der Waals surface area contributed by atoms with Crippen LogP contribution in [-0.4, -0.2) is 204 Å². The first-order valence-electron chi connectivity index (χ1n) is 28.9. The van der Waals surface area contributed by atoms with Crippen molar-refractivity contribution in [2.45, 2.75) is 140 Å². The number of morpholine rings is 1. The molecular formula is C59H72N8O21. The molecule has 8 amide bonds. The van der Waals surface area contributed by atoms with Gasteiger partial charge in [0.1, 0.15) is 53.7 Å². The lowest BCUT2D eigenvalue weighted by atomic mass is 9.72. The number of likely N-dealkylation sites (tertiary alicyclic amines) is 1. The monoisotopic (exact) mass is 1230 g/mol. The summed E-state index contributed by atoms with van der Waals surface area (Å²) < 4.78 is 41.2. The van der Waals surface area contributed by atoms with Crippen molar-refractivity contribution in [3.63, 3.8) is 0 Å². The van der Waals surface area contributed by atoms with Crippen LogP contribution in [0.25, 0.3) is 0 Å². The number of aliphatic hydroxyl groups is 2. The predicted molar refractivity (Wildman–Crippen MR) is 302 cm³/mol. The number of ketones is 2. The zero-order valence-electron chi connectivity index (χ0n) is 49.2. The summed E-state index contributed by atoms with van der Waals surface area (Å²) in [6.07, 6.45) is -6.96. The molecule has 0 radical (unpaired) electrons. The number of methoxy groups -OCH3 is 2. The standard InChI is InChI=1S/C59H72N8O21/c1-27(2)46(65-38(69)16-19-67-39(70)14-15-40(67)71)54(78)62-28(3)52(76)63-31-12-10-30(11-13-31)26-85-58(80)64-34(25-68)53(77)60-17-18-61-57(79)59(81)23-33-43(50(75)45-44(48(33)73)47(72)32-8-7-9-36(82-5)42(32)49(45)74)37(24-59)87-41-22-35-51(29(4)86-41)88-55-56(83-6)84-21-20-66(35)55/h7-13,27-29,34-35,37,41,46,51,55-56,68,73,75,81H,14-26H2,1-6H3,(H,60,77)(H,61,79)(H,62,78)(H,63,76)(H,64,80)(H,65,69)/t28-,29-,34-,35-,37-,41-,46-,51+,55+,56-,59?/m0/s1. The van der Waals surface area contributed by atoms with Crippen LogP contribution < -0.4 is 36.6 Å². The summed E-state index contributed by atoms with van der Waals surface area (Å²) in [6.45, 7) is 5.55. The summed E-state index contributed by atoms with van der Waals surface area (Å²) in [6, 6.07) is 6.50. The van der Waals surface area contributed by atoms with E-state index in [2.05, 4.69) is 36.8 Å². The molecule has 6 aliphatic rings. The maximum absolute atomic E-state index is 14.3. The van der Waals surface area contributed by atoms with Crippen molar-refractivity contribution >= 4 is 64.7 Å². The van der Waals surface area contributed by atoms with E-state index in [-0.39, 0.29) is 104 Å². The van der Waals surface area contributed by atoms with Gasteiger partial charge in [0.15, 0.2) is 24.6 Å². The van der Waals surface area contributed by atoms with Crippen molar-refractivity contribution in [2.75, 3.05) is 58.9 Å². The largest absolute Gasteiger partial charge is 0.507 e. The van der Waals surface area contributed by atoms with Crippen LogP contribution in [0, 0.1) is 5.92 Å². The molecule has 3 aromatic carbocycles. The number of phenols is 2. The van der Waals surface area contributed by atoms with Crippen LogP contribution in [0.15, 0.2) is 42.5 Å². The molecule has 2 aliphatic carbocycles. The minimum atomic E-state index is -2.43. The number of amides is 8. The number of aromatic hydroxyl groups is 2. The average molecular weight is 1230 g/mol. The van der Waals surface area contributed by atoms with Crippen LogP contribution >= 0.6 is 0 Å². The van der Waals surface area contributed by atoms with Crippen molar-refractivity contribution < 1.29 is 102 Å². The Morgan fingerprint density at radius 3 is 2.22 bits per heavy atom. The Balaban J connectivity index is 0.776. The maximum atomic E-state index is 14.3. The third-order valence-corrected chi connectivity index (χ3v) is 16.4. The molecule has 3 aromatic rings. The highest BCUT2D eigenvalue weighted by Crippen LogP contribution is 2.53. The maximum Gasteiger partial charge on any atom is 0.408 e. The zero-order valence-corrected chi connectivity index (χ0v) is 49.2. The van der Waals surface area contributed by atoms with Gasteiger partial charge in [-0.2, -0.15) is 0 Å². The second-order valence-electron chi connectivity index (χ2n) is 22.6. The van der Waals surface area contributed by atoms with Gasteiger partial charge in [-0.15, -0.1) is 0 Å². The van der Waals surface area contributed by atoms with E-state index >= 15 is 0 Å². The number of nitrogens with one attached hydrogen (secondary N) is 6. The van der Waals surface area contributed by atoms with Gasteiger partial charge in [0.05, 0.1) is 49.2 Å². The summed E-state index contributed by atoms with van der Waals surface area (Å²) in [5.41, 5.74) is -3.38. The van der Waals surface area contributed by atoms with Gasteiger partial charge in [0, 0.05) is 100 Å². The minimum Gasteiger partial charge on any atom is -0.507 e. The van der Waals surface area contributed by atoms with Crippen LogP contribution in [0.1, 0.15) is 114 Å². The zero-order chi connectivity index (χ0) is 63.5. The van der Waals surface area contributed by atoms with Gasteiger partial charge < -0.3 is 85.5 Å². The highest BCUT2D eigenvalue weighted by atomic mass is 16.7. The van der Waals surface area contributed by atoms with Gasteiger partial charge in [-0.05, 0) is 43.5 Å². The molecule has 4 saturated heterocycles. The number of rotatable bonds is 22. The molecule has 4 heterocycles. The van der Waals surface area contributed by atoms with Crippen LogP contribution in [0.3, 0.4) is 0 Å². The number of hydrogen-bond donors (Lipinski definition) is 10. The molecule has 29 nitrogen and oxygen atoms in total. The quantitative estimate of drug-likeness (QED) is 0.0276. The summed E-state index contributed by atoms with van der Waals surface area (Å²) in [5, 5.41) is 61.7. The molecule has 474 valence electrons. The lowest BCUT2D eigenvalue weighted by Gasteiger charge is -2.43. The fraction of sp³-hybridized carbons (Fsp3) is 0.525. The van der Waals surface area contributed by atoms with E-state index < -0.39 is 150 Å². The molecule has 0 aromatic heterocycles. The van der Waals surface area contributed by atoms with Crippen LogP contribution in [0.4, 0.5) is 10.5 Å². The first-order valence-corrected chi connectivity index (χ1v) is 28.9. The van der Waals surface area contributed by atoms with Gasteiger partial charge in [0.2, 0.25) is 41.2 Å². The molecule has 1 unspecified atom stereocenters. The number of aliphatic hydroxyl groups excluding tert-OH is 1. The first kappa shape index (κ1) is 64.3. The number of anilines is 1. The molecule has 0 spiro atoms. The van der Waals surface area contributed by atoms with Gasteiger partial charge in [0.25, 0.3) is 5.91 Å². The lowest BCUT2D eigenvalue weighted by Crippen LogP contribution is -2.55. The average Bonchev–Trinajstić information content (AvgIpc) is 0.957. The number of hydrogen-bond acceptors (Lipinski definition) is 22. The summed E-state index contributed by atoms with van der Waals surface area (Å²) in [7, 11) is 2.81. The summed E-state index contributed by atoms with van der Waals surface area (Å²) in [4.78, 5) is 134. The Hall–Kier alpha value is -8.16. The molecule has 4 aliphatic heterocycles. The third kappa shape index (κ3) is 13.3. The summed E-state index contributed by atoms with van der Waals surface area (Å²) in [5.74, 6) is -7.86. The van der Waals surface area contributed by atoms with Crippen LogP contribution in [0.5, 0.6) is 17.2 Å². The van der Waals surface area contributed by atoms with Crippen molar-refractivity contribution in [1.82, 2.24) is 36.4 Å². The Labute approximate surface area is 504 Å². The molecule has 0 saturated carbocycles. The fourth-order valence-corrected chi connectivity index (χ4v) is 11.8. The normalized spacial score (nSPS) is 24.8. The number of ether oxygens (including phenoxy) is 7. The van der Waals surface area contributed by atoms with E-state index in [0.717, 1.165) is 4.90 Å². The van der Waals surface area contributed by atoms with E-state index in [4.69, 9.17) is 33.2 Å². The van der Waals surface area contributed by atoms with E-state index in [1.165, 1.54) is 63.6 Å². The van der Waals surface area contributed by atoms with Crippen molar-refractivity contribution in [2.24, 2.45) is 5.92 Å². The second-order valence-corrected chi connectivity index (χ2v) is 22.6. The number of fused-ring (bicyclic) bond motifs is 6. The third-order valence-electron chi connectivity index (χ3n) is 16.4. The van der Waals surface area contributed by atoms with E-state index in [0.29, 0.717) is 24.4 Å². The van der Waals surface area contributed by atoms with E-state index in [1.807, 2.05) is 0 Å². The van der Waals surface area contributed by atoms with E-state index in [9.17, 15) is 68.4 Å². The number of carbonyl (C=O) groups is 10. The SMILES string of the molecule is COc1cccc2c1C(=O)c1c(O)c3c(c(O)c1C2=O)CC(O)(C(=O)NCCNC(=O)[C@H](CO)NC(=O)OCc1ccc(NC(=O)[C@H](C)NC(=O)[C@@H](NC(=O)CCN2C(=O)CCC2=O)C(C)C)cc1)C[C@@H]3O[C@H]1C[C@H]2[C@H](O[C@@H]3[C@@H](OC)OCCN32)[C@H](C)O1. The number of nitrogens with zero attached hydrogens (tertiary/aromatic N) is 2. The predicted octanol–water partition coefficient (Wildman–Crippen LogP) is -0.207. The van der Waals surface area contributed by atoms with Gasteiger partial charge in [-0.3, -0.25) is 53.0 Å². The Morgan fingerprint density at radius 1 is 0.830 bits per heavy atom. The fourth-order valence-electron chi connectivity index (χ4n) is 11.8. The molecular weight excluding hydrogens is 1160 g/mol. The molecule has 29 heteroatoms. The Morgan fingerprint density at radius 2 is 1.53 bits per heavy atom. The van der Waals surface area contributed by atoms with Gasteiger partial charge in [-0.1, -0.05) is 38.1 Å². The van der Waals surface area contributed by atoms with Crippen molar-refractivity contribution in [1.29, 1.82) is 0 Å². The second kappa shape index (κ2) is 27.1. The number of phenolic OH excluding ortho intramolecular Hbond substituents is 2.